The number of ether oxygens (including phenoxy) is 1. The summed E-state index contributed by atoms with van der Waals surface area (Å²) in [6.07, 6.45) is -4.59. The Morgan fingerprint density at radius 2 is 1.85 bits per heavy atom. The number of alkyl halides is 3. The summed E-state index contributed by atoms with van der Waals surface area (Å²) in [6, 6.07) is 8.80. The van der Waals surface area contributed by atoms with Gasteiger partial charge < -0.3 is 9.26 Å². The van der Waals surface area contributed by atoms with Crippen molar-refractivity contribution >= 4 is 5.97 Å². The molecule has 0 aliphatic carbocycles. The summed E-state index contributed by atoms with van der Waals surface area (Å²) < 4.78 is 60.9. The molecule has 3 aromatic rings. The number of carbonyl (C=O) groups is 1. The number of aryl methyl sites for hydroxylation is 1. The molecule has 0 spiro atoms. The quantitative estimate of drug-likeness (QED) is 0.490. The third kappa shape index (κ3) is 4.30. The number of esters is 1. The number of rotatable bonds is 4. The maximum absolute atomic E-state index is 12.9. The van der Waals surface area contributed by atoms with Gasteiger partial charge in [0.05, 0.1) is 11.3 Å². The monoisotopic (exact) mass is 380 g/mol. The molecule has 0 unspecified atom stereocenters. The lowest BCUT2D eigenvalue weighted by atomic mass is 10.1. The van der Waals surface area contributed by atoms with Crippen molar-refractivity contribution in [2.24, 2.45) is 0 Å². The van der Waals surface area contributed by atoms with Gasteiger partial charge in [0, 0.05) is 11.6 Å². The first kappa shape index (κ1) is 18.6. The van der Waals surface area contributed by atoms with Crippen LogP contribution < -0.4 is 0 Å². The smallest absolute Gasteiger partial charge is 0.433 e. The number of nitrogens with zero attached hydrogens (tertiary/aromatic N) is 2. The molecule has 5 nitrogen and oxygen atoms in total. The fraction of sp³-hybridized carbons (Fsp3) is 0.167. The van der Waals surface area contributed by atoms with Gasteiger partial charge in [0.2, 0.25) is 0 Å². The first-order valence-corrected chi connectivity index (χ1v) is 7.67. The van der Waals surface area contributed by atoms with Crippen LogP contribution in [-0.2, 0) is 17.5 Å². The number of hydrogen-bond acceptors (Lipinski definition) is 5. The second kappa shape index (κ2) is 7.18. The standard InChI is InChI=1S/C18H12F4N2O3/c1-10-14(6-7-16(23-10)18(20,21)22)17(25)26-9-13-8-15(24-27-13)11-2-4-12(19)5-3-11/h2-8H,9H2,1H3. The largest absolute Gasteiger partial charge is 0.454 e. The Labute approximate surface area is 150 Å². The first-order valence-electron chi connectivity index (χ1n) is 7.67. The Kier molecular flexibility index (Phi) is 4.93. The van der Waals surface area contributed by atoms with Crippen molar-refractivity contribution in [2.45, 2.75) is 19.7 Å². The number of hydrogen-bond donors (Lipinski definition) is 0. The molecule has 0 bridgehead atoms. The van der Waals surface area contributed by atoms with Crippen LogP contribution in [-0.4, -0.2) is 16.1 Å². The van der Waals surface area contributed by atoms with Gasteiger partial charge in [-0.05, 0) is 43.3 Å². The summed E-state index contributed by atoms with van der Waals surface area (Å²) in [5.41, 5.74) is -0.231. The van der Waals surface area contributed by atoms with Crippen LogP contribution in [0.3, 0.4) is 0 Å². The summed E-state index contributed by atoms with van der Waals surface area (Å²) in [5.74, 6) is -1.01. The molecule has 0 atom stereocenters. The van der Waals surface area contributed by atoms with Crippen LogP contribution in [0.15, 0.2) is 47.0 Å². The molecule has 0 N–H and O–H groups in total. The van der Waals surface area contributed by atoms with Crippen molar-refractivity contribution < 1.29 is 31.6 Å². The Balaban J connectivity index is 1.67. The van der Waals surface area contributed by atoms with E-state index in [1.54, 1.807) is 0 Å². The molecule has 3 rings (SSSR count). The minimum absolute atomic E-state index is 0.0822. The van der Waals surface area contributed by atoms with Crippen LogP contribution in [0.1, 0.15) is 27.5 Å². The average molecular weight is 380 g/mol. The highest BCUT2D eigenvalue weighted by Crippen LogP contribution is 2.28. The molecule has 0 fully saturated rings. The maximum atomic E-state index is 12.9. The van der Waals surface area contributed by atoms with Crippen LogP contribution >= 0.6 is 0 Å². The van der Waals surface area contributed by atoms with E-state index < -0.39 is 23.7 Å². The highest BCUT2D eigenvalue weighted by molar-refractivity contribution is 5.90. The third-order valence-electron chi connectivity index (χ3n) is 3.64. The second-order valence-corrected chi connectivity index (χ2v) is 5.59. The zero-order chi connectivity index (χ0) is 19.6. The van der Waals surface area contributed by atoms with Gasteiger partial charge in [0.15, 0.2) is 12.4 Å². The Morgan fingerprint density at radius 3 is 2.48 bits per heavy atom. The maximum Gasteiger partial charge on any atom is 0.433 e. The van der Waals surface area contributed by atoms with E-state index in [9.17, 15) is 22.4 Å². The van der Waals surface area contributed by atoms with Gasteiger partial charge in [0.1, 0.15) is 17.2 Å². The van der Waals surface area contributed by atoms with Crippen molar-refractivity contribution in [1.29, 1.82) is 0 Å². The zero-order valence-corrected chi connectivity index (χ0v) is 13.9. The van der Waals surface area contributed by atoms with Gasteiger partial charge in [-0.25, -0.2) is 14.2 Å². The molecule has 0 aliphatic rings. The molecular weight excluding hydrogens is 368 g/mol. The molecule has 0 radical (unpaired) electrons. The van der Waals surface area contributed by atoms with E-state index in [0.29, 0.717) is 17.3 Å². The van der Waals surface area contributed by atoms with E-state index in [-0.39, 0.29) is 23.6 Å². The van der Waals surface area contributed by atoms with Crippen molar-refractivity contribution in [3.8, 4) is 11.3 Å². The fourth-order valence-corrected chi connectivity index (χ4v) is 2.29. The normalized spacial score (nSPS) is 11.4. The predicted molar refractivity (Wildman–Crippen MR) is 85.0 cm³/mol. The van der Waals surface area contributed by atoms with E-state index in [0.717, 1.165) is 6.07 Å². The fourth-order valence-electron chi connectivity index (χ4n) is 2.29. The van der Waals surface area contributed by atoms with Gasteiger partial charge in [-0.3, -0.25) is 0 Å². The molecule has 0 saturated heterocycles. The van der Waals surface area contributed by atoms with Crippen LogP contribution in [0, 0.1) is 12.7 Å². The summed E-state index contributed by atoms with van der Waals surface area (Å²) in [4.78, 5) is 15.4. The minimum Gasteiger partial charge on any atom is -0.454 e. The van der Waals surface area contributed by atoms with E-state index in [1.165, 1.54) is 37.3 Å². The highest BCUT2D eigenvalue weighted by Gasteiger charge is 2.33. The van der Waals surface area contributed by atoms with Gasteiger partial charge in [-0.1, -0.05) is 5.16 Å². The first-order chi connectivity index (χ1) is 12.7. The summed E-state index contributed by atoms with van der Waals surface area (Å²) in [5, 5.41) is 3.80. The number of benzene rings is 1. The van der Waals surface area contributed by atoms with E-state index >= 15 is 0 Å². The topological polar surface area (TPSA) is 65.2 Å². The zero-order valence-electron chi connectivity index (χ0n) is 13.9. The molecule has 2 heterocycles. The molecule has 27 heavy (non-hydrogen) atoms. The Morgan fingerprint density at radius 1 is 1.15 bits per heavy atom. The van der Waals surface area contributed by atoms with Crippen molar-refractivity contribution in [3.63, 3.8) is 0 Å². The molecule has 0 saturated carbocycles. The van der Waals surface area contributed by atoms with Gasteiger partial charge in [0.25, 0.3) is 0 Å². The summed E-state index contributed by atoms with van der Waals surface area (Å²) >= 11 is 0. The van der Waals surface area contributed by atoms with Gasteiger partial charge in [-0.2, -0.15) is 13.2 Å². The van der Waals surface area contributed by atoms with Crippen molar-refractivity contribution in [1.82, 2.24) is 10.1 Å². The molecule has 0 amide bonds. The van der Waals surface area contributed by atoms with Crippen LogP contribution in [0.5, 0.6) is 0 Å². The van der Waals surface area contributed by atoms with Gasteiger partial charge in [-0.15, -0.1) is 0 Å². The van der Waals surface area contributed by atoms with Crippen molar-refractivity contribution in [3.05, 3.63) is 71.0 Å². The minimum atomic E-state index is -4.59. The molecule has 1 aromatic carbocycles. The van der Waals surface area contributed by atoms with Crippen LogP contribution in [0.2, 0.25) is 0 Å². The average Bonchev–Trinajstić information content (AvgIpc) is 3.08. The SMILES string of the molecule is Cc1nc(C(F)(F)F)ccc1C(=O)OCc1cc(-c2ccc(F)cc2)no1. The van der Waals surface area contributed by atoms with E-state index in [2.05, 4.69) is 10.1 Å². The lowest BCUT2D eigenvalue weighted by Gasteiger charge is -2.09. The molecule has 2 aromatic heterocycles. The second-order valence-electron chi connectivity index (χ2n) is 5.59. The van der Waals surface area contributed by atoms with E-state index in [1.807, 2.05) is 0 Å². The molecule has 9 heteroatoms. The molecular formula is C18H12F4N2O3. The third-order valence-corrected chi connectivity index (χ3v) is 3.64. The lowest BCUT2D eigenvalue weighted by Crippen LogP contribution is -2.13. The van der Waals surface area contributed by atoms with Crippen LogP contribution in [0.4, 0.5) is 17.6 Å². The lowest BCUT2D eigenvalue weighted by molar-refractivity contribution is -0.141. The number of halogens is 4. The number of aromatic nitrogens is 2. The number of carbonyl (C=O) groups excluding carboxylic acids is 1. The Bertz CT molecular complexity index is 965. The van der Waals surface area contributed by atoms with Crippen molar-refractivity contribution in [2.75, 3.05) is 0 Å². The predicted octanol–water partition coefficient (Wildman–Crippen LogP) is 4.56. The highest BCUT2D eigenvalue weighted by atomic mass is 19.4. The number of pyridine rings is 1. The summed E-state index contributed by atoms with van der Waals surface area (Å²) in [7, 11) is 0. The molecule has 140 valence electrons. The van der Waals surface area contributed by atoms with Gasteiger partial charge >= 0.3 is 12.1 Å². The summed E-state index contributed by atoms with van der Waals surface area (Å²) in [6.45, 7) is 1.01. The Hall–Kier alpha value is -3.23. The van der Waals surface area contributed by atoms with E-state index in [4.69, 9.17) is 9.26 Å². The molecule has 0 aliphatic heterocycles. The van der Waals surface area contributed by atoms with Crippen LogP contribution in [0.25, 0.3) is 11.3 Å².